The number of carbonyl (C=O) groups excluding carboxylic acids is 1. The number of aryl methyl sites for hydroxylation is 1. The van der Waals surface area contributed by atoms with Crippen molar-refractivity contribution in [2.24, 2.45) is 0 Å². The summed E-state index contributed by atoms with van der Waals surface area (Å²) in [6, 6.07) is 19.4. The van der Waals surface area contributed by atoms with E-state index in [1.54, 1.807) is 0 Å². The highest BCUT2D eigenvalue weighted by Crippen LogP contribution is 2.32. The Kier molecular flexibility index (Phi) is 5.73. The monoisotopic (exact) mass is 341 g/mol. The molecule has 0 saturated carbocycles. The second kappa shape index (κ2) is 8.79. The predicted molar refractivity (Wildman–Crippen MR) is 94.9 cm³/mol. The summed E-state index contributed by atoms with van der Waals surface area (Å²) in [7, 11) is 1.36. The van der Waals surface area contributed by atoms with Crippen molar-refractivity contribution >= 4 is 5.97 Å². The van der Waals surface area contributed by atoms with Gasteiger partial charge in [-0.25, -0.2) is 0 Å². The van der Waals surface area contributed by atoms with E-state index >= 15 is 0 Å². The van der Waals surface area contributed by atoms with Crippen LogP contribution >= 0.6 is 0 Å². The van der Waals surface area contributed by atoms with Crippen molar-refractivity contribution < 1.29 is 20.4 Å². The normalized spacial score (nSPS) is 26.7. The maximum absolute atomic E-state index is 11.7. The van der Waals surface area contributed by atoms with Gasteiger partial charge in [0.25, 0.3) is 0 Å². The third kappa shape index (κ3) is 5.15. The van der Waals surface area contributed by atoms with Gasteiger partial charge in [0.1, 0.15) is 0 Å². The zero-order valence-electron chi connectivity index (χ0n) is 15.4. The summed E-state index contributed by atoms with van der Waals surface area (Å²) in [6.07, 6.45) is 0.107. The Balaban J connectivity index is 1.74. The van der Waals surface area contributed by atoms with E-state index in [0.29, 0.717) is 12.0 Å². The van der Waals surface area contributed by atoms with Crippen molar-refractivity contribution in [2.45, 2.75) is 44.2 Å². The van der Waals surface area contributed by atoms with Crippen LogP contribution in [0.15, 0.2) is 60.7 Å². The van der Waals surface area contributed by atoms with Crippen LogP contribution in [0.3, 0.4) is 0 Å². The molecule has 1 heterocycles. The van der Waals surface area contributed by atoms with Crippen molar-refractivity contribution in [1.29, 1.82) is 0 Å². The van der Waals surface area contributed by atoms with Crippen LogP contribution in [-0.4, -0.2) is 25.3 Å². The lowest BCUT2D eigenvalue weighted by Crippen LogP contribution is -2.35. The Hall–Kier alpha value is -2.17. The van der Waals surface area contributed by atoms with Gasteiger partial charge in [-0.05, 0) is 18.4 Å². The van der Waals surface area contributed by atoms with E-state index in [1.165, 1.54) is 12.7 Å². The molecule has 25 heavy (non-hydrogen) atoms. The Bertz CT molecular complexity index is 706. The fraction of sp³-hybridized carbons (Fsp3) is 0.381. The summed E-state index contributed by atoms with van der Waals surface area (Å²) < 4.78 is 25.4. The zero-order valence-corrected chi connectivity index (χ0v) is 14.4. The Labute approximate surface area is 150 Å². The number of hydrogen-bond donors (Lipinski definition) is 0. The Morgan fingerprint density at radius 2 is 1.72 bits per heavy atom. The maximum Gasteiger partial charge on any atom is 0.308 e. The average molecular weight is 341 g/mol. The molecule has 0 unspecified atom stereocenters. The quantitative estimate of drug-likeness (QED) is 0.744. The van der Waals surface area contributed by atoms with Crippen LogP contribution in [0.1, 0.15) is 38.0 Å². The van der Waals surface area contributed by atoms with E-state index in [-0.39, 0.29) is 18.5 Å². The van der Waals surface area contributed by atoms with Crippen LogP contribution in [-0.2, 0) is 25.4 Å². The summed E-state index contributed by atoms with van der Waals surface area (Å²) in [5.74, 6) is -0.339. The number of carbonyl (C=O) groups is 1. The summed E-state index contributed by atoms with van der Waals surface area (Å²) in [5.41, 5.74) is 1.85. The van der Waals surface area contributed by atoms with Crippen LogP contribution in [0.2, 0.25) is 0 Å². The molecule has 0 aromatic heterocycles. The summed E-state index contributed by atoms with van der Waals surface area (Å²) in [6.45, 7) is 0. The summed E-state index contributed by atoms with van der Waals surface area (Å²) >= 11 is 0. The second-order valence-electron chi connectivity index (χ2n) is 6.17. The van der Waals surface area contributed by atoms with E-state index in [4.69, 9.17) is 15.6 Å². The predicted octanol–water partition coefficient (Wildman–Crippen LogP) is 4.06. The van der Waals surface area contributed by atoms with Crippen LogP contribution in [0, 0.1) is 0 Å². The smallest absolute Gasteiger partial charge is 0.308 e. The first kappa shape index (κ1) is 16.3. The molecule has 1 aliphatic rings. The lowest BCUT2D eigenvalue weighted by Gasteiger charge is -2.35. The first-order valence-corrected chi connectivity index (χ1v) is 8.61. The number of benzene rings is 2. The van der Waals surface area contributed by atoms with E-state index in [1.807, 2.05) is 48.5 Å². The molecule has 0 aliphatic carbocycles. The van der Waals surface area contributed by atoms with Gasteiger partial charge in [0.05, 0.1) is 27.1 Å². The zero-order chi connectivity index (χ0) is 18.4. The molecule has 2 aromatic carbocycles. The lowest BCUT2D eigenvalue weighted by molar-refractivity contribution is -0.250. The second-order valence-corrected chi connectivity index (χ2v) is 6.17. The number of methoxy groups -OCH3 is 1. The first-order chi connectivity index (χ1) is 12.6. The molecule has 3 rings (SSSR count). The minimum atomic E-state index is -1.61. The first-order valence-electron chi connectivity index (χ1n) is 9.11. The fourth-order valence-electron chi connectivity index (χ4n) is 2.97. The molecular formula is C21H24O4. The molecular weight excluding hydrogens is 316 g/mol. The van der Waals surface area contributed by atoms with Gasteiger partial charge in [-0.15, -0.1) is 0 Å². The molecule has 0 N–H and O–H groups in total. The molecule has 1 aliphatic heterocycles. The summed E-state index contributed by atoms with van der Waals surface area (Å²) in [5, 5.41) is 0. The molecule has 132 valence electrons. The van der Waals surface area contributed by atoms with Crippen LogP contribution in [0.25, 0.3) is 0 Å². The highest BCUT2D eigenvalue weighted by Gasteiger charge is 2.32. The Morgan fingerprint density at radius 1 is 1.08 bits per heavy atom. The third-order valence-corrected chi connectivity index (χ3v) is 4.30. The molecule has 0 spiro atoms. The molecule has 0 bridgehead atoms. The molecule has 0 amide bonds. The van der Waals surface area contributed by atoms with Crippen molar-refractivity contribution in [1.82, 2.24) is 0 Å². The standard InChI is InChI=1S/C21H24O4/c1-23-20(22)15-19-14-18(13-12-16-8-4-2-5-9-16)24-21(25-19)17-10-6-3-7-11-17/h2-11,18-19,21H,12-15H2,1H3/t18-,19-,21-/m1/s1/i21D. The SMILES string of the molecule is [2H][C@@]1(c2ccccc2)O[C@H](CCc2ccccc2)C[C@H](CC(=O)OC)O1. The molecule has 0 radical (unpaired) electrons. The molecule has 4 heteroatoms. The van der Waals surface area contributed by atoms with Gasteiger partial charge >= 0.3 is 5.97 Å². The molecule has 1 saturated heterocycles. The van der Waals surface area contributed by atoms with Crippen LogP contribution in [0.4, 0.5) is 0 Å². The van der Waals surface area contributed by atoms with Gasteiger partial charge in [0.2, 0.25) is 0 Å². The number of ether oxygens (including phenoxy) is 3. The molecule has 1 fully saturated rings. The van der Waals surface area contributed by atoms with E-state index in [9.17, 15) is 4.79 Å². The maximum atomic E-state index is 11.7. The van der Waals surface area contributed by atoms with Crippen LogP contribution in [0.5, 0.6) is 0 Å². The van der Waals surface area contributed by atoms with Crippen molar-refractivity contribution in [3.05, 3.63) is 71.8 Å². The van der Waals surface area contributed by atoms with Gasteiger partial charge < -0.3 is 14.2 Å². The average Bonchev–Trinajstić information content (AvgIpc) is 2.67. The summed E-state index contributed by atoms with van der Waals surface area (Å²) in [4.78, 5) is 11.7. The van der Waals surface area contributed by atoms with E-state index in [0.717, 1.165) is 12.8 Å². The Morgan fingerprint density at radius 3 is 2.40 bits per heavy atom. The molecule has 4 nitrogen and oxygen atoms in total. The minimum absolute atomic E-state index is 0.120. The van der Waals surface area contributed by atoms with Gasteiger partial charge in [-0.1, -0.05) is 60.7 Å². The number of rotatable bonds is 6. The van der Waals surface area contributed by atoms with Crippen LogP contribution < -0.4 is 0 Å². The van der Waals surface area contributed by atoms with E-state index in [2.05, 4.69) is 12.1 Å². The van der Waals surface area contributed by atoms with Crippen molar-refractivity contribution in [3.8, 4) is 0 Å². The minimum Gasteiger partial charge on any atom is -0.469 e. The van der Waals surface area contributed by atoms with Gasteiger partial charge in [0.15, 0.2) is 6.27 Å². The highest BCUT2D eigenvalue weighted by molar-refractivity contribution is 5.69. The number of esters is 1. The van der Waals surface area contributed by atoms with Crippen molar-refractivity contribution in [3.63, 3.8) is 0 Å². The van der Waals surface area contributed by atoms with Crippen molar-refractivity contribution in [2.75, 3.05) is 7.11 Å². The molecule has 3 atom stereocenters. The van der Waals surface area contributed by atoms with Gasteiger partial charge in [0, 0.05) is 12.0 Å². The van der Waals surface area contributed by atoms with Gasteiger partial charge in [-0.2, -0.15) is 0 Å². The lowest BCUT2D eigenvalue weighted by atomic mass is 9.99. The highest BCUT2D eigenvalue weighted by atomic mass is 16.7. The third-order valence-electron chi connectivity index (χ3n) is 4.30. The molecule has 2 aromatic rings. The number of hydrogen-bond acceptors (Lipinski definition) is 4. The van der Waals surface area contributed by atoms with E-state index < -0.39 is 12.4 Å². The fourth-order valence-corrected chi connectivity index (χ4v) is 2.97. The topological polar surface area (TPSA) is 44.8 Å². The largest absolute Gasteiger partial charge is 0.469 e. The van der Waals surface area contributed by atoms with Gasteiger partial charge in [-0.3, -0.25) is 4.79 Å².